The Labute approximate surface area is 362 Å². The van der Waals surface area contributed by atoms with Crippen molar-refractivity contribution in [2.24, 2.45) is 0 Å². The molecule has 0 bridgehead atoms. The highest BCUT2D eigenvalue weighted by Gasteiger charge is 2.22. The van der Waals surface area contributed by atoms with Gasteiger partial charge in [-0.1, -0.05) is 140 Å². The lowest BCUT2D eigenvalue weighted by Crippen LogP contribution is -2.00. The minimum absolute atomic E-state index is 0.626. The van der Waals surface area contributed by atoms with Crippen LogP contribution in [0.15, 0.2) is 218 Å². The molecule has 13 rings (SSSR count). The van der Waals surface area contributed by atoms with E-state index in [2.05, 4.69) is 171 Å². The fourth-order valence-electron chi connectivity index (χ4n) is 9.71. The van der Waals surface area contributed by atoms with Crippen LogP contribution in [-0.4, -0.2) is 28.7 Å². The summed E-state index contributed by atoms with van der Waals surface area (Å²) < 4.78 is 7.25. The van der Waals surface area contributed by atoms with Crippen LogP contribution in [0.4, 0.5) is 0 Å². The van der Waals surface area contributed by atoms with Crippen molar-refractivity contribution in [3.8, 4) is 51.2 Å². The molecular formula is C57H36N6. The van der Waals surface area contributed by atoms with Gasteiger partial charge in [-0.2, -0.15) is 0 Å². The number of benzene rings is 9. The molecule has 0 aliphatic rings. The average Bonchev–Trinajstić information content (AvgIpc) is 4.00. The van der Waals surface area contributed by atoms with Crippen LogP contribution in [0.1, 0.15) is 0 Å². The fourth-order valence-corrected chi connectivity index (χ4v) is 9.71. The second kappa shape index (κ2) is 14.0. The quantitative estimate of drug-likeness (QED) is 0.168. The number of para-hydroxylation sites is 4. The predicted octanol–water partition coefficient (Wildman–Crippen LogP) is 14.2. The van der Waals surface area contributed by atoms with Crippen LogP contribution in [0.25, 0.3) is 117 Å². The van der Waals surface area contributed by atoms with Gasteiger partial charge in [-0.3, -0.25) is 0 Å². The van der Waals surface area contributed by atoms with Gasteiger partial charge >= 0.3 is 0 Å². The van der Waals surface area contributed by atoms with Crippen LogP contribution in [-0.2, 0) is 0 Å². The normalized spacial score (nSPS) is 11.8. The second-order valence-corrected chi connectivity index (χ2v) is 16.0. The Bertz CT molecular complexity index is 3830. The van der Waals surface area contributed by atoms with E-state index in [1.165, 1.54) is 38.1 Å². The summed E-state index contributed by atoms with van der Waals surface area (Å²) in [5.74, 6) is 1.90. The number of fused-ring (bicyclic) bond motifs is 10. The van der Waals surface area contributed by atoms with E-state index in [0.29, 0.717) is 17.5 Å². The first kappa shape index (κ1) is 35.2. The second-order valence-electron chi connectivity index (χ2n) is 16.0. The summed E-state index contributed by atoms with van der Waals surface area (Å²) in [5, 5.41) is 7.15. The lowest BCUT2D eigenvalue weighted by atomic mass is 10.1. The molecule has 4 aromatic heterocycles. The van der Waals surface area contributed by atoms with E-state index in [4.69, 9.17) is 15.0 Å². The molecule has 13 aromatic rings. The molecule has 0 spiro atoms. The van der Waals surface area contributed by atoms with E-state index in [1.54, 1.807) is 0 Å². The van der Waals surface area contributed by atoms with Crippen molar-refractivity contribution < 1.29 is 0 Å². The zero-order valence-corrected chi connectivity index (χ0v) is 34.0. The molecule has 0 N–H and O–H groups in total. The molecule has 0 aliphatic heterocycles. The zero-order chi connectivity index (χ0) is 41.4. The summed E-state index contributed by atoms with van der Waals surface area (Å²) in [6.07, 6.45) is 0. The summed E-state index contributed by atoms with van der Waals surface area (Å²) in [4.78, 5) is 15.2. The topological polar surface area (TPSA) is 53.5 Å². The van der Waals surface area contributed by atoms with Crippen LogP contribution < -0.4 is 0 Å². The van der Waals surface area contributed by atoms with Gasteiger partial charge in [-0.15, -0.1) is 0 Å². The van der Waals surface area contributed by atoms with Crippen molar-refractivity contribution >= 4 is 65.4 Å². The molecule has 294 valence electrons. The first-order chi connectivity index (χ1) is 31.3. The molecule has 0 fully saturated rings. The molecule has 6 nitrogen and oxygen atoms in total. The lowest BCUT2D eigenvalue weighted by Gasteiger charge is -2.11. The summed E-state index contributed by atoms with van der Waals surface area (Å²) >= 11 is 0. The van der Waals surface area contributed by atoms with E-state index in [1.807, 2.05) is 60.7 Å². The number of rotatable bonds is 6. The number of hydrogen-bond donors (Lipinski definition) is 0. The smallest absolute Gasteiger partial charge is 0.164 e. The van der Waals surface area contributed by atoms with Crippen molar-refractivity contribution in [1.82, 2.24) is 28.7 Å². The third-order valence-electron chi connectivity index (χ3n) is 12.5. The lowest BCUT2D eigenvalue weighted by molar-refractivity contribution is 1.07. The molecule has 0 amide bonds. The third kappa shape index (κ3) is 5.48. The van der Waals surface area contributed by atoms with Gasteiger partial charge in [0.15, 0.2) is 17.5 Å². The largest absolute Gasteiger partial charge is 0.309 e. The molecule has 0 saturated carbocycles. The molecule has 0 radical (unpaired) electrons. The molecule has 4 heterocycles. The van der Waals surface area contributed by atoms with Crippen LogP contribution in [0.5, 0.6) is 0 Å². The molecular weight excluding hydrogens is 769 g/mol. The van der Waals surface area contributed by atoms with Crippen molar-refractivity contribution in [3.05, 3.63) is 218 Å². The highest BCUT2D eigenvalue weighted by molar-refractivity contribution is 6.26. The summed E-state index contributed by atoms with van der Waals surface area (Å²) in [6.45, 7) is 0. The van der Waals surface area contributed by atoms with Gasteiger partial charge in [0.25, 0.3) is 0 Å². The van der Waals surface area contributed by atoms with Crippen LogP contribution in [0, 0.1) is 0 Å². The predicted molar refractivity (Wildman–Crippen MR) is 259 cm³/mol. The highest BCUT2D eigenvalue weighted by Crippen LogP contribution is 2.43. The first-order valence-corrected chi connectivity index (χ1v) is 21.3. The average molecular weight is 805 g/mol. The van der Waals surface area contributed by atoms with Gasteiger partial charge in [-0.25, -0.2) is 15.0 Å². The van der Waals surface area contributed by atoms with Gasteiger partial charge in [-0.05, 0) is 78.9 Å². The Morgan fingerprint density at radius 3 is 1.32 bits per heavy atom. The molecule has 0 unspecified atom stereocenters. The van der Waals surface area contributed by atoms with Gasteiger partial charge in [0.2, 0.25) is 0 Å². The minimum atomic E-state index is 0.626. The number of aromatic nitrogens is 6. The van der Waals surface area contributed by atoms with Crippen molar-refractivity contribution in [1.29, 1.82) is 0 Å². The van der Waals surface area contributed by atoms with Crippen LogP contribution >= 0.6 is 0 Å². The standard InChI is InChI=1S/C57H36N6/c1-5-17-37(18-6-1)55-58-56(38-19-7-2-8-20-38)60-57(59-55)39-29-32-50-46(35-39)47-36-42(30-33-51(47)61(50)40-21-9-3-10-22-40)63-48-27-15-13-25-43(48)44-31-34-52-53(54(44)63)45-26-14-16-28-49(45)62(52)41-23-11-4-12-24-41/h1-36H. The Balaban J connectivity index is 1.10. The van der Waals surface area contributed by atoms with E-state index in [0.717, 1.165) is 61.1 Å². The van der Waals surface area contributed by atoms with E-state index < -0.39 is 0 Å². The van der Waals surface area contributed by atoms with Crippen LogP contribution in [0.2, 0.25) is 0 Å². The maximum absolute atomic E-state index is 5.12. The molecule has 0 atom stereocenters. The van der Waals surface area contributed by atoms with E-state index in [-0.39, 0.29) is 0 Å². The number of hydrogen-bond acceptors (Lipinski definition) is 3. The third-order valence-corrected chi connectivity index (χ3v) is 12.5. The van der Waals surface area contributed by atoms with Crippen LogP contribution in [0.3, 0.4) is 0 Å². The van der Waals surface area contributed by atoms with Gasteiger partial charge < -0.3 is 13.7 Å². The Morgan fingerprint density at radius 2 is 0.698 bits per heavy atom. The highest BCUT2D eigenvalue weighted by atomic mass is 15.0. The Kier molecular flexibility index (Phi) is 7.80. The SMILES string of the molecule is c1ccc(-c2nc(-c3ccccc3)nc(-c3ccc4c(c3)c3cc(-n5c6ccccc6c6ccc7c(c8ccccc8n7-c7ccccc7)c65)ccc3n4-c3ccccc3)n2)cc1. The Morgan fingerprint density at radius 1 is 0.254 bits per heavy atom. The molecule has 6 heteroatoms. The summed E-state index contributed by atoms with van der Waals surface area (Å²) in [6, 6.07) is 77.4. The van der Waals surface area contributed by atoms with Gasteiger partial charge in [0, 0.05) is 66.1 Å². The fraction of sp³-hybridized carbons (Fsp3) is 0. The summed E-state index contributed by atoms with van der Waals surface area (Å²) in [5.41, 5.74) is 13.1. The van der Waals surface area contributed by atoms with E-state index in [9.17, 15) is 0 Å². The Hall–Kier alpha value is -8.61. The number of nitrogens with zero attached hydrogens (tertiary/aromatic N) is 6. The minimum Gasteiger partial charge on any atom is -0.309 e. The zero-order valence-electron chi connectivity index (χ0n) is 34.0. The monoisotopic (exact) mass is 804 g/mol. The summed E-state index contributed by atoms with van der Waals surface area (Å²) in [7, 11) is 0. The van der Waals surface area contributed by atoms with Crippen molar-refractivity contribution in [2.45, 2.75) is 0 Å². The van der Waals surface area contributed by atoms with E-state index >= 15 is 0 Å². The molecule has 0 aliphatic carbocycles. The van der Waals surface area contributed by atoms with Gasteiger partial charge in [0.05, 0.1) is 33.1 Å². The maximum Gasteiger partial charge on any atom is 0.164 e. The van der Waals surface area contributed by atoms with Gasteiger partial charge in [0.1, 0.15) is 0 Å². The molecule has 9 aromatic carbocycles. The molecule has 0 saturated heterocycles. The maximum atomic E-state index is 5.12. The first-order valence-electron chi connectivity index (χ1n) is 21.3. The molecule has 63 heavy (non-hydrogen) atoms. The van der Waals surface area contributed by atoms with Crippen molar-refractivity contribution in [3.63, 3.8) is 0 Å². The van der Waals surface area contributed by atoms with Crippen molar-refractivity contribution in [2.75, 3.05) is 0 Å².